The van der Waals surface area contributed by atoms with Crippen molar-refractivity contribution in [1.29, 1.82) is 0 Å². The fourth-order valence-electron chi connectivity index (χ4n) is 0.915. The molecular formula is C11H14N2. The molecule has 0 saturated carbocycles. The molecule has 0 radical (unpaired) electrons. The summed E-state index contributed by atoms with van der Waals surface area (Å²) in [5.41, 5.74) is 0.979. The van der Waals surface area contributed by atoms with Gasteiger partial charge in [-0.3, -0.25) is 0 Å². The molecule has 0 atom stereocenters. The van der Waals surface area contributed by atoms with Gasteiger partial charge in [-0.25, -0.2) is 4.98 Å². The Morgan fingerprint density at radius 3 is 2.62 bits per heavy atom. The van der Waals surface area contributed by atoms with Crippen LogP contribution in [0.3, 0.4) is 0 Å². The van der Waals surface area contributed by atoms with Crippen molar-refractivity contribution < 1.29 is 0 Å². The predicted molar refractivity (Wildman–Crippen MR) is 55.7 cm³/mol. The van der Waals surface area contributed by atoms with E-state index in [9.17, 15) is 0 Å². The standard InChI is InChI=1S/C11H14N2/c1-4-5-6-10-7-8-11(12-9-10)13(2)3/h7-9H,4H2,1-3H3. The monoisotopic (exact) mass is 174 g/mol. The van der Waals surface area contributed by atoms with Crippen molar-refractivity contribution >= 4 is 5.82 Å². The quantitative estimate of drug-likeness (QED) is 0.604. The Bertz CT molecular complexity index is 314. The summed E-state index contributed by atoms with van der Waals surface area (Å²) in [6, 6.07) is 3.96. The van der Waals surface area contributed by atoms with Crippen molar-refractivity contribution in [3.05, 3.63) is 23.9 Å². The fourth-order valence-corrected chi connectivity index (χ4v) is 0.915. The molecule has 0 saturated heterocycles. The lowest BCUT2D eigenvalue weighted by Gasteiger charge is -2.09. The minimum absolute atomic E-state index is 0.884. The smallest absolute Gasteiger partial charge is 0.128 e. The van der Waals surface area contributed by atoms with E-state index in [1.165, 1.54) is 0 Å². The molecule has 0 spiro atoms. The van der Waals surface area contributed by atoms with Crippen molar-refractivity contribution in [2.45, 2.75) is 13.3 Å². The third-order valence-corrected chi connectivity index (χ3v) is 1.62. The molecule has 0 aliphatic rings. The minimum Gasteiger partial charge on any atom is -0.363 e. The highest BCUT2D eigenvalue weighted by atomic mass is 15.1. The molecule has 2 heteroatoms. The van der Waals surface area contributed by atoms with Crippen LogP contribution in [0.15, 0.2) is 18.3 Å². The lowest BCUT2D eigenvalue weighted by Crippen LogP contribution is -2.10. The molecule has 0 N–H and O–H groups in total. The Hall–Kier alpha value is -1.49. The Morgan fingerprint density at radius 2 is 2.15 bits per heavy atom. The average Bonchev–Trinajstić information content (AvgIpc) is 2.15. The largest absolute Gasteiger partial charge is 0.363 e. The zero-order valence-electron chi connectivity index (χ0n) is 8.33. The molecule has 0 aliphatic carbocycles. The van der Waals surface area contributed by atoms with Crippen molar-refractivity contribution in [3.63, 3.8) is 0 Å². The van der Waals surface area contributed by atoms with E-state index in [4.69, 9.17) is 0 Å². The molecule has 1 rings (SSSR count). The molecule has 1 heterocycles. The first-order chi connectivity index (χ1) is 6.24. The molecular weight excluding hydrogens is 160 g/mol. The molecule has 2 nitrogen and oxygen atoms in total. The van der Waals surface area contributed by atoms with E-state index < -0.39 is 0 Å². The SMILES string of the molecule is CCC#Cc1ccc(N(C)C)nc1. The third-order valence-electron chi connectivity index (χ3n) is 1.62. The molecule has 13 heavy (non-hydrogen) atoms. The molecule has 0 bridgehead atoms. The number of hydrogen-bond donors (Lipinski definition) is 0. The highest BCUT2D eigenvalue weighted by Crippen LogP contribution is 2.06. The van der Waals surface area contributed by atoms with E-state index in [1.54, 1.807) is 6.20 Å². The second-order valence-electron chi connectivity index (χ2n) is 2.95. The predicted octanol–water partition coefficient (Wildman–Crippen LogP) is 1.91. The van der Waals surface area contributed by atoms with E-state index in [1.807, 2.05) is 38.1 Å². The van der Waals surface area contributed by atoms with Gasteiger partial charge in [-0.2, -0.15) is 0 Å². The van der Waals surface area contributed by atoms with Crippen LogP contribution in [0.1, 0.15) is 18.9 Å². The van der Waals surface area contributed by atoms with E-state index in [2.05, 4.69) is 16.8 Å². The summed E-state index contributed by atoms with van der Waals surface area (Å²) < 4.78 is 0. The van der Waals surface area contributed by atoms with Gasteiger partial charge in [-0.1, -0.05) is 18.8 Å². The Kier molecular flexibility index (Phi) is 3.33. The van der Waals surface area contributed by atoms with E-state index in [-0.39, 0.29) is 0 Å². The second-order valence-corrected chi connectivity index (χ2v) is 2.95. The van der Waals surface area contributed by atoms with Gasteiger partial charge in [0.1, 0.15) is 5.82 Å². The zero-order valence-corrected chi connectivity index (χ0v) is 8.33. The van der Waals surface area contributed by atoms with Crippen LogP contribution in [0.25, 0.3) is 0 Å². The summed E-state index contributed by atoms with van der Waals surface area (Å²) in [4.78, 5) is 6.22. The van der Waals surface area contributed by atoms with Gasteiger partial charge in [0, 0.05) is 32.3 Å². The summed E-state index contributed by atoms with van der Waals surface area (Å²) >= 11 is 0. The van der Waals surface area contributed by atoms with Crippen LogP contribution in [0.4, 0.5) is 5.82 Å². The maximum Gasteiger partial charge on any atom is 0.128 e. The molecule has 0 amide bonds. The van der Waals surface area contributed by atoms with Gasteiger partial charge in [0.2, 0.25) is 0 Å². The number of pyridine rings is 1. The number of nitrogens with zero attached hydrogens (tertiary/aromatic N) is 2. The first-order valence-corrected chi connectivity index (χ1v) is 4.36. The van der Waals surface area contributed by atoms with Crippen LogP contribution in [0.5, 0.6) is 0 Å². The van der Waals surface area contributed by atoms with Crippen molar-refractivity contribution in [1.82, 2.24) is 4.98 Å². The maximum absolute atomic E-state index is 4.25. The number of anilines is 1. The van der Waals surface area contributed by atoms with Crippen molar-refractivity contribution in [2.24, 2.45) is 0 Å². The van der Waals surface area contributed by atoms with Gasteiger partial charge >= 0.3 is 0 Å². The van der Waals surface area contributed by atoms with Crippen LogP contribution in [0.2, 0.25) is 0 Å². The topological polar surface area (TPSA) is 16.1 Å². The van der Waals surface area contributed by atoms with Gasteiger partial charge in [0.25, 0.3) is 0 Å². The molecule has 0 aliphatic heterocycles. The Morgan fingerprint density at radius 1 is 1.38 bits per heavy atom. The van der Waals surface area contributed by atoms with Gasteiger partial charge in [0.15, 0.2) is 0 Å². The van der Waals surface area contributed by atoms with Crippen LogP contribution in [0, 0.1) is 11.8 Å². The van der Waals surface area contributed by atoms with Crippen molar-refractivity contribution in [2.75, 3.05) is 19.0 Å². The lowest BCUT2D eigenvalue weighted by molar-refractivity contribution is 1.07. The third kappa shape index (κ3) is 2.79. The van der Waals surface area contributed by atoms with Crippen molar-refractivity contribution in [3.8, 4) is 11.8 Å². The highest BCUT2D eigenvalue weighted by molar-refractivity contribution is 5.41. The molecule has 1 aromatic rings. The lowest BCUT2D eigenvalue weighted by atomic mass is 10.3. The second kappa shape index (κ2) is 4.51. The zero-order chi connectivity index (χ0) is 9.68. The Balaban J connectivity index is 2.81. The van der Waals surface area contributed by atoms with Crippen LogP contribution < -0.4 is 4.90 Å². The van der Waals surface area contributed by atoms with Crippen LogP contribution in [-0.4, -0.2) is 19.1 Å². The molecule has 0 fully saturated rings. The Labute approximate surface area is 79.6 Å². The van der Waals surface area contributed by atoms with Gasteiger partial charge in [-0.15, -0.1) is 0 Å². The molecule has 1 aromatic heterocycles. The molecule has 0 unspecified atom stereocenters. The molecule has 68 valence electrons. The van der Waals surface area contributed by atoms with Gasteiger partial charge in [0.05, 0.1) is 0 Å². The van der Waals surface area contributed by atoms with Crippen LogP contribution >= 0.6 is 0 Å². The summed E-state index contributed by atoms with van der Waals surface area (Å²) in [5.74, 6) is 7.00. The maximum atomic E-state index is 4.25. The van der Waals surface area contributed by atoms with Gasteiger partial charge < -0.3 is 4.90 Å². The highest BCUT2D eigenvalue weighted by Gasteiger charge is 1.94. The number of rotatable bonds is 1. The number of aromatic nitrogens is 1. The summed E-state index contributed by atoms with van der Waals surface area (Å²) in [6.45, 7) is 2.04. The first kappa shape index (κ1) is 9.60. The summed E-state index contributed by atoms with van der Waals surface area (Å²) in [6.07, 6.45) is 2.69. The molecule has 0 aromatic carbocycles. The summed E-state index contributed by atoms with van der Waals surface area (Å²) in [5, 5.41) is 0. The summed E-state index contributed by atoms with van der Waals surface area (Å²) in [7, 11) is 3.94. The van der Waals surface area contributed by atoms with Crippen LogP contribution in [-0.2, 0) is 0 Å². The van der Waals surface area contributed by atoms with E-state index in [0.717, 1.165) is 17.8 Å². The van der Waals surface area contributed by atoms with E-state index in [0.29, 0.717) is 0 Å². The first-order valence-electron chi connectivity index (χ1n) is 4.36. The number of hydrogen-bond acceptors (Lipinski definition) is 2. The van der Waals surface area contributed by atoms with Gasteiger partial charge in [-0.05, 0) is 12.1 Å². The minimum atomic E-state index is 0.884. The van der Waals surface area contributed by atoms with E-state index >= 15 is 0 Å². The fraction of sp³-hybridized carbons (Fsp3) is 0.364. The normalized spacial score (nSPS) is 8.85. The average molecular weight is 174 g/mol.